The highest BCUT2D eigenvalue weighted by molar-refractivity contribution is 7.13. The number of nitrogens with zero attached hydrogens (tertiary/aromatic N) is 2. The average molecular weight is 197 g/mol. The molecule has 1 fully saturated rings. The Kier molecular flexibility index (Phi) is 2.80. The molecule has 1 aliphatic rings. The highest BCUT2D eigenvalue weighted by atomic mass is 32.1. The van der Waals surface area contributed by atoms with E-state index in [4.69, 9.17) is 0 Å². The third-order valence-electron chi connectivity index (χ3n) is 2.20. The molecule has 1 saturated carbocycles. The van der Waals surface area contributed by atoms with Gasteiger partial charge in [0.1, 0.15) is 0 Å². The Bertz CT molecular complexity index is 243. The molecule has 0 saturated heterocycles. The van der Waals surface area contributed by atoms with Crippen LogP contribution in [0.1, 0.15) is 12.8 Å². The van der Waals surface area contributed by atoms with Crippen LogP contribution in [-0.2, 0) is 0 Å². The molecule has 4 heteroatoms. The fraction of sp³-hybridized carbons (Fsp3) is 0.667. The number of hydrogen-bond acceptors (Lipinski definition) is 4. The monoisotopic (exact) mass is 197 g/mol. The van der Waals surface area contributed by atoms with Crippen LogP contribution in [0, 0.1) is 0 Å². The molecule has 0 spiro atoms. The predicted molar refractivity (Wildman–Crippen MR) is 56.4 cm³/mol. The third kappa shape index (κ3) is 2.67. The largest absolute Gasteiger partial charge is 0.350 e. The first-order chi connectivity index (χ1) is 6.36. The number of nitrogens with one attached hydrogen (secondary N) is 1. The first kappa shape index (κ1) is 8.97. The summed E-state index contributed by atoms with van der Waals surface area (Å²) < 4.78 is 0. The van der Waals surface area contributed by atoms with Gasteiger partial charge in [0.05, 0.1) is 0 Å². The Morgan fingerprint density at radius 2 is 2.54 bits per heavy atom. The maximum absolute atomic E-state index is 4.25. The summed E-state index contributed by atoms with van der Waals surface area (Å²) in [5.74, 6) is 0. The Labute approximate surface area is 82.8 Å². The molecule has 0 bridgehead atoms. The minimum absolute atomic E-state index is 0.810. The zero-order chi connectivity index (χ0) is 9.10. The topological polar surface area (TPSA) is 28.2 Å². The van der Waals surface area contributed by atoms with Crippen LogP contribution in [0.2, 0.25) is 0 Å². The van der Waals surface area contributed by atoms with Crippen molar-refractivity contribution in [2.45, 2.75) is 18.9 Å². The second-order valence-electron chi connectivity index (χ2n) is 3.46. The first-order valence-electron chi connectivity index (χ1n) is 4.70. The lowest BCUT2D eigenvalue weighted by Crippen LogP contribution is -2.30. The van der Waals surface area contributed by atoms with Gasteiger partial charge in [0.2, 0.25) is 0 Å². The van der Waals surface area contributed by atoms with E-state index in [2.05, 4.69) is 22.2 Å². The number of likely N-dealkylation sites (N-methyl/N-ethyl adjacent to an activating group) is 1. The van der Waals surface area contributed by atoms with Gasteiger partial charge in [0.15, 0.2) is 5.13 Å². The number of anilines is 1. The molecule has 1 aliphatic carbocycles. The summed E-state index contributed by atoms with van der Waals surface area (Å²) >= 11 is 1.69. The second kappa shape index (κ2) is 4.07. The number of thiazole rings is 1. The summed E-state index contributed by atoms with van der Waals surface area (Å²) in [5, 5.41) is 6.61. The van der Waals surface area contributed by atoms with E-state index in [1.165, 1.54) is 12.8 Å². The summed E-state index contributed by atoms with van der Waals surface area (Å²) in [6.07, 6.45) is 4.58. The summed E-state index contributed by atoms with van der Waals surface area (Å²) in [6.45, 7) is 2.12. The quantitative estimate of drug-likeness (QED) is 0.772. The molecule has 1 N–H and O–H groups in total. The minimum atomic E-state index is 0.810. The van der Waals surface area contributed by atoms with E-state index in [-0.39, 0.29) is 0 Å². The Hall–Kier alpha value is -0.610. The van der Waals surface area contributed by atoms with Crippen LogP contribution in [0.3, 0.4) is 0 Å². The molecule has 0 aliphatic heterocycles. The third-order valence-corrected chi connectivity index (χ3v) is 3.09. The van der Waals surface area contributed by atoms with E-state index in [1.54, 1.807) is 11.3 Å². The van der Waals surface area contributed by atoms with Crippen LogP contribution >= 0.6 is 11.3 Å². The van der Waals surface area contributed by atoms with Crippen LogP contribution in [0.25, 0.3) is 0 Å². The Balaban J connectivity index is 1.68. The van der Waals surface area contributed by atoms with Crippen molar-refractivity contribution in [3.63, 3.8) is 0 Å². The van der Waals surface area contributed by atoms with E-state index in [9.17, 15) is 0 Å². The van der Waals surface area contributed by atoms with Gasteiger partial charge < -0.3 is 10.2 Å². The van der Waals surface area contributed by atoms with Gasteiger partial charge in [-0.3, -0.25) is 0 Å². The van der Waals surface area contributed by atoms with Gasteiger partial charge in [0, 0.05) is 37.8 Å². The zero-order valence-electron chi connectivity index (χ0n) is 7.86. The maximum Gasteiger partial charge on any atom is 0.185 e. The maximum atomic E-state index is 4.25. The SMILES string of the molecule is CN(CCNC1CC1)c1nccs1. The van der Waals surface area contributed by atoms with Crippen LogP contribution in [0.4, 0.5) is 5.13 Å². The van der Waals surface area contributed by atoms with E-state index in [0.717, 1.165) is 24.3 Å². The van der Waals surface area contributed by atoms with Crippen molar-refractivity contribution in [1.82, 2.24) is 10.3 Å². The highest BCUT2D eigenvalue weighted by Crippen LogP contribution is 2.18. The standard InChI is InChI=1S/C9H15N3S/c1-12(9-11-5-7-13-9)6-4-10-8-2-3-8/h5,7-8,10H,2-4,6H2,1H3. The molecular formula is C9H15N3S. The van der Waals surface area contributed by atoms with E-state index >= 15 is 0 Å². The van der Waals surface area contributed by atoms with E-state index < -0.39 is 0 Å². The number of hydrogen-bond donors (Lipinski definition) is 1. The lowest BCUT2D eigenvalue weighted by Gasteiger charge is -2.15. The van der Waals surface area contributed by atoms with Gasteiger partial charge in [-0.05, 0) is 12.8 Å². The predicted octanol–water partition coefficient (Wildman–Crippen LogP) is 1.33. The van der Waals surface area contributed by atoms with Gasteiger partial charge in [-0.2, -0.15) is 0 Å². The van der Waals surface area contributed by atoms with Crippen molar-refractivity contribution in [2.24, 2.45) is 0 Å². The van der Waals surface area contributed by atoms with E-state index in [1.807, 2.05) is 11.6 Å². The fourth-order valence-corrected chi connectivity index (χ4v) is 1.86. The van der Waals surface area contributed by atoms with Crippen LogP contribution < -0.4 is 10.2 Å². The van der Waals surface area contributed by atoms with Crippen LogP contribution in [0.15, 0.2) is 11.6 Å². The van der Waals surface area contributed by atoms with Gasteiger partial charge in [-0.1, -0.05) is 0 Å². The van der Waals surface area contributed by atoms with Crippen molar-refractivity contribution in [3.8, 4) is 0 Å². The van der Waals surface area contributed by atoms with Crippen molar-refractivity contribution in [3.05, 3.63) is 11.6 Å². The number of rotatable bonds is 5. The molecule has 1 heterocycles. The zero-order valence-corrected chi connectivity index (χ0v) is 8.68. The second-order valence-corrected chi connectivity index (χ2v) is 4.34. The van der Waals surface area contributed by atoms with Crippen molar-refractivity contribution in [2.75, 3.05) is 25.0 Å². The lowest BCUT2D eigenvalue weighted by molar-refractivity contribution is 0.674. The molecule has 2 rings (SSSR count). The first-order valence-corrected chi connectivity index (χ1v) is 5.58. The molecule has 13 heavy (non-hydrogen) atoms. The van der Waals surface area contributed by atoms with E-state index in [0.29, 0.717) is 0 Å². The molecular weight excluding hydrogens is 182 g/mol. The smallest absolute Gasteiger partial charge is 0.185 e. The molecule has 0 aromatic carbocycles. The summed E-state index contributed by atoms with van der Waals surface area (Å²) in [4.78, 5) is 6.44. The van der Waals surface area contributed by atoms with Gasteiger partial charge in [-0.15, -0.1) is 11.3 Å². The highest BCUT2D eigenvalue weighted by Gasteiger charge is 2.19. The van der Waals surface area contributed by atoms with Gasteiger partial charge in [-0.25, -0.2) is 4.98 Å². The summed E-state index contributed by atoms with van der Waals surface area (Å²) in [5.41, 5.74) is 0. The molecule has 1 aromatic rings. The average Bonchev–Trinajstić information content (AvgIpc) is 2.80. The molecule has 1 aromatic heterocycles. The summed E-state index contributed by atoms with van der Waals surface area (Å²) in [7, 11) is 2.09. The van der Waals surface area contributed by atoms with Gasteiger partial charge in [0.25, 0.3) is 0 Å². The van der Waals surface area contributed by atoms with Crippen LogP contribution in [-0.4, -0.2) is 31.2 Å². The van der Waals surface area contributed by atoms with Crippen molar-refractivity contribution >= 4 is 16.5 Å². The number of aromatic nitrogens is 1. The van der Waals surface area contributed by atoms with Crippen molar-refractivity contribution in [1.29, 1.82) is 0 Å². The molecule has 0 amide bonds. The summed E-state index contributed by atoms with van der Waals surface area (Å²) in [6, 6.07) is 0.810. The normalized spacial score (nSPS) is 16.1. The molecule has 3 nitrogen and oxygen atoms in total. The fourth-order valence-electron chi connectivity index (χ4n) is 1.22. The van der Waals surface area contributed by atoms with Gasteiger partial charge >= 0.3 is 0 Å². The van der Waals surface area contributed by atoms with Crippen molar-refractivity contribution < 1.29 is 0 Å². The Morgan fingerprint density at radius 1 is 1.69 bits per heavy atom. The van der Waals surface area contributed by atoms with Crippen LogP contribution in [0.5, 0.6) is 0 Å². The minimum Gasteiger partial charge on any atom is -0.350 e. The Morgan fingerprint density at radius 3 is 3.15 bits per heavy atom. The molecule has 72 valence electrons. The molecule has 0 unspecified atom stereocenters. The molecule has 0 atom stereocenters. The lowest BCUT2D eigenvalue weighted by atomic mass is 10.5. The molecule has 0 radical (unpaired) electrons.